The second kappa shape index (κ2) is 22.8. The maximum absolute atomic E-state index is 14.8. The highest BCUT2D eigenvalue weighted by Crippen LogP contribution is 2.39. The average molecular weight is 977 g/mol. The molecule has 22 heteroatoms. The lowest BCUT2D eigenvalue weighted by Gasteiger charge is -2.28. The number of rotatable bonds is 10. The summed E-state index contributed by atoms with van der Waals surface area (Å²) in [7, 11) is 0. The fourth-order valence-electron chi connectivity index (χ4n) is 8.01. The summed E-state index contributed by atoms with van der Waals surface area (Å²) in [6.07, 6.45) is 0.745. The van der Waals surface area contributed by atoms with Gasteiger partial charge < -0.3 is 50.4 Å². The van der Waals surface area contributed by atoms with Gasteiger partial charge in [0.1, 0.15) is 23.1 Å². The molecule has 4 aromatic carbocycles. The number of carbonyl (C=O) groups excluding carboxylic acids is 5. The van der Waals surface area contributed by atoms with Gasteiger partial charge in [0.25, 0.3) is 11.8 Å². The monoisotopic (exact) mass is 976 g/mol. The van der Waals surface area contributed by atoms with Crippen LogP contribution < -0.4 is 36.1 Å². The number of anilines is 2. The lowest BCUT2D eigenvalue weighted by Crippen LogP contribution is -2.35. The molecule has 0 radical (unpaired) electrons. The Hall–Kier alpha value is -6.74. The second-order valence-electron chi connectivity index (χ2n) is 16.2. The number of carbonyl (C=O) groups is 5. The van der Waals surface area contributed by atoms with Crippen LogP contribution in [0.3, 0.4) is 0 Å². The highest BCUT2D eigenvalue weighted by Gasteiger charge is 2.34. The van der Waals surface area contributed by atoms with E-state index in [1.54, 1.807) is 4.90 Å². The lowest BCUT2D eigenvalue weighted by atomic mass is 9.96. The van der Waals surface area contributed by atoms with E-state index in [2.05, 4.69) is 26.6 Å². The molecular formula is C46H47ClF6N6O9. The van der Waals surface area contributed by atoms with Gasteiger partial charge in [-0.25, -0.2) is 35.9 Å². The molecule has 5 amide bonds. The Morgan fingerprint density at radius 1 is 0.632 bits per heavy atom. The molecule has 0 aliphatic carbocycles. The van der Waals surface area contributed by atoms with Crippen LogP contribution in [0, 0.1) is 46.7 Å². The lowest BCUT2D eigenvalue weighted by molar-refractivity contribution is -0.127. The number of nitrogens with zero attached hydrogens (tertiary/aromatic N) is 1. The van der Waals surface area contributed by atoms with Crippen molar-refractivity contribution in [2.24, 2.45) is 11.8 Å². The Morgan fingerprint density at radius 3 is 1.53 bits per heavy atom. The van der Waals surface area contributed by atoms with Crippen molar-refractivity contribution in [3.05, 3.63) is 118 Å². The van der Waals surface area contributed by atoms with Crippen molar-refractivity contribution < 1.29 is 69.3 Å². The van der Waals surface area contributed by atoms with Crippen LogP contribution >= 0.6 is 12.4 Å². The molecule has 0 aromatic heterocycles. The third-order valence-corrected chi connectivity index (χ3v) is 11.5. The summed E-state index contributed by atoms with van der Waals surface area (Å²) >= 11 is 0. The summed E-state index contributed by atoms with van der Waals surface area (Å²) in [5.74, 6) is -6.91. The molecule has 0 bridgehead atoms. The van der Waals surface area contributed by atoms with Crippen molar-refractivity contribution in [2.45, 2.75) is 44.7 Å². The number of amides is 5. The number of alkyl carbamates (subject to hydrolysis) is 2. The van der Waals surface area contributed by atoms with Gasteiger partial charge in [-0.05, 0) is 67.9 Å². The SMILES string of the molecule is CC(=O)N1CCC(COC(=O)N[C@H]2CCOc3c(C(=O)Nc4ccc(F)c(F)c4)ccc(F)c32)C1.Cl.O=C(N[C@H]1CCOc2c(C(=O)Nc3ccc(F)c(F)c3)ccc(F)c21)OCC1CCNC1. The average Bonchev–Trinajstić information content (AvgIpc) is 4.02. The molecule has 4 aliphatic heterocycles. The van der Waals surface area contributed by atoms with Crippen molar-refractivity contribution in [3.8, 4) is 11.5 Å². The van der Waals surface area contributed by atoms with Crippen LogP contribution in [0.15, 0.2) is 60.7 Å². The van der Waals surface area contributed by atoms with Gasteiger partial charge >= 0.3 is 12.2 Å². The van der Waals surface area contributed by atoms with Gasteiger partial charge in [0.05, 0.1) is 60.8 Å². The molecule has 2 unspecified atom stereocenters. The van der Waals surface area contributed by atoms with E-state index < -0.39 is 71.0 Å². The first kappa shape index (κ1) is 50.7. The fourth-order valence-corrected chi connectivity index (χ4v) is 8.01. The number of hydrogen-bond acceptors (Lipinski definition) is 10. The van der Waals surface area contributed by atoms with E-state index >= 15 is 0 Å². The fraction of sp³-hybridized carbons (Fsp3) is 0.370. The summed E-state index contributed by atoms with van der Waals surface area (Å²) in [6, 6.07) is 8.87. The molecule has 364 valence electrons. The summed E-state index contributed by atoms with van der Waals surface area (Å²) in [5.41, 5.74) is 0.0477. The molecule has 4 atom stereocenters. The van der Waals surface area contributed by atoms with Gasteiger partial charge in [0, 0.05) is 74.7 Å². The van der Waals surface area contributed by atoms with Gasteiger partial charge in [-0.3, -0.25) is 14.4 Å². The molecule has 2 fully saturated rings. The van der Waals surface area contributed by atoms with Crippen molar-refractivity contribution in [1.82, 2.24) is 20.9 Å². The standard InChI is InChI=1S/C24H24F3N3O5.C22H22F3N3O4.ClH/c1-13(31)30-8-6-14(11-30)12-35-24(33)29-20-7-9-34-22-16(3-5-18(26)21(20)22)23(32)28-15-2-4-17(25)19(27)10-15;23-15-3-1-13(9-17(15)25)27-21(29)14-2-4-16(24)19-18(6-8-31-20(14)19)28-22(30)32-11-12-5-7-26-10-12;/h2-5,10,14,20H,6-9,11-12H2,1H3,(H,28,32)(H,29,33);1-4,9,12,18,26H,5-8,10-11H2,(H,27,29)(H,28,30);1H/t14?,20-;12?,18-;/m00./s1. The summed E-state index contributed by atoms with van der Waals surface area (Å²) < 4.78 is 104. The molecule has 0 spiro atoms. The molecule has 2 saturated heterocycles. The number of ether oxygens (including phenoxy) is 4. The van der Waals surface area contributed by atoms with E-state index in [0.29, 0.717) is 13.1 Å². The smallest absolute Gasteiger partial charge is 0.407 e. The molecule has 4 aromatic rings. The van der Waals surface area contributed by atoms with Gasteiger partial charge in [0.15, 0.2) is 23.3 Å². The van der Waals surface area contributed by atoms with Crippen LogP contribution in [0.2, 0.25) is 0 Å². The van der Waals surface area contributed by atoms with Gasteiger partial charge in [0.2, 0.25) is 5.91 Å². The summed E-state index contributed by atoms with van der Waals surface area (Å²) in [4.78, 5) is 63.3. The normalized spacial score (nSPS) is 19.0. The van der Waals surface area contributed by atoms with Gasteiger partial charge in [-0.1, -0.05) is 0 Å². The topological polar surface area (TPSA) is 186 Å². The molecule has 0 saturated carbocycles. The minimum absolute atomic E-state index is 0. The largest absolute Gasteiger partial charge is 0.492 e. The number of likely N-dealkylation sites (tertiary alicyclic amines) is 1. The van der Waals surface area contributed by atoms with E-state index in [1.165, 1.54) is 31.2 Å². The zero-order chi connectivity index (χ0) is 47.8. The number of fused-ring (bicyclic) bond motifs is 2. The zero-order valence-electron chi connectivity index (χ0n) is 36.4. The van der Waals surface area contributed by atoms with E-state index in [1.807, 2.05) is 0 Å². The summed E-state index contributed by atoms with van der Waals surface area (Å²) in [6.45, 7) is 4.87. The predicted molar refractivity (Wildman–Crippen MR) is 235 cm³/mol. The Morgan fingerprint density at radius 2 is 1.10 bits per heavy atom. The molecule has 4 aliphatic rings. The first-order valence-electron chi connectivity index (χ1n) is 21.4. The number of benzene rings is 4. The Bertz CT molecular complexity index is 2540. The number of hydrogen-bond donors (Lipinski definition) is 5. The van der Waals surface area contributed by atoms with Crippen LogP contribution in [0.5, 0.6) is 11.5 Å². The summed E-state index contributed by atoms with van der Waals surface area (Å²) in [5, 5.41) is 13.3. The molecule has 4 heterocycles. The quantitative estimate of drug-likeness (QED) is 0.0987. The van der Waals surface area contributed by atoms with E-state index in [0.717, 1.165) is 62.3 Å². The second-order valence-corrected chi connectivity index (χ2v) is 16.2. The van der Waals surface area contributed by atoms with Crippen LogP contribution in [0.25, 0.3) is 0 Å². The Balaban J connectivity index is 0.000000221. The molecule has 5 N–H and O–H groups in total. The minimum Gasteiger partial charge on any atom is -0.492 e. The van der Waals surface area contributed by atoms with Crippen molar-refractivity contribution in [3.63, 3.8) is 0 Å². The Kier molecular flexibility index (Phi) is 17.0. The maximum Gasteiger partial charge on any atom is 0.407 e. The predicted octanol–water partition coefficient (Wildman–Crippen LogP) is 7.71. The molecule has 68 heavy (non-hydrogen) atoms. The number of nitrogens with one attached hydrogen (secondary N) is 5. The van der Waals surface area contributed by atoms with Crippen LogP contribution in [-0.2, 0) is 14.3 Å². The highest BCUT2D eigenvalue weighted by atomic mass is 35.5. The van der Waals surface area contributed by atoms with Crippen LogP contribution in [0.4, 0.5) is 47.3 Å². The molecular weight excluding hydrogens is 930 g/mol. The molecule has 15 nitrogen and oxygen atoms in total. The third-order valence-electron chi connectivity index (χ3n) is 11.5. The highest BCUT2D eigenvalue weighted by molar-refractivity contribution is 6.07. The minimum atomic E-state index is -1.13. The van der Waals surface area contributed by atoms with E-state index in [9.17, 15) is 50.3 Å². The van der Waals surface area contributed by atoms with Gasteiger partial charge in [-0.15, -0.1) is 12.4 Å². The van der Waals surface area contributed by atoms with Crippen molar-refractivity contribution >= 4 is 53.7 Å². The maximum atomic E-state index is 14.8. The van der Waals surface area contributed by atoms with Crippen molar-refractivity contribution in [1.29, 1.82) is 0 Å². The van der Waals surface area contributed by atoms with Gasteiger partial charge in [-0.2, -0.15) is 0 Å². The third kappa shape index (κ3) is 12.4. The first-order valence-corrected chi connectivity index (χ1v) is 21.4. The van der Waals surface area contributed by atoms with E-state index in [-0.39, 0.29) is 115 Å². The van der Waals surface area contributed by atoms with E-state index in [4.69, 9.17) is 18.9 Å². The van der Waals surface area contributed by atoms with Crippen molar-refractivity contribution in [2.75, 3.05) is 63.2 Å². The Labute approximate surface area is 392 Å². The van der Waals surface area contributed by atoms with Crippen LogP contribution in [-0.4, -0.2) is 87.4 Å². The number of halogens is 7. The molecule has 8 rings (SSSR count). The van der Waals surface area contributed by atoms with Crippen LogP contribution in [0.1, 0.15) is 76.5 Å². The first-order chi connectivity index (χ1) is 32.1. The zero-order valence-corrected chi connectivity index (χ0v) is 37.2.